The van der Waals surface area contributed by atoms with Gasteiger partial charge in [0.15, 0.2) is 0 Å². The van der Waals surface area contributed by atoms with E-state index in [2.05, 4.69) is 23.6 Å². The van der Waals surface area contributed by atoms with Crippen LogP contribution in [0.3, 0.4) is 0 Å². The molecule has 0 atom stereocenters. The molecule has 0 amide bonds. The highest BCUT2D eigenvalue weighted by molar-refractivity contribution is 5.84. The van der Waals surface area contributed by atoms with Crippen LogP contribution in [0.1, 0.15) is 43.6 Å². The summed E-state index contributed by atoms with van der Waals surface area (Å²) < 4.78 is 0. The van der Waals surface area contributed by atoms with Crippen molar-refractivity contribution >= 4 is 18.3 Å². The average Bonchev–Trinajstić information content (AvgIpc) is 2.54. The number of piperazine rings is 1. The summed E-state index contributed by atoms with van der Waals surface area (Å²) in [5.41, 5.74) is 1.85. The van der Waals surface area contributed by atoms with E-state index in [4.69, 9.17) is 0 Å². The average molecular weight is 316 g/mol. The highest BCUT2D eigenvalue weighted by atomic mass is 16.1. The van der Waals surface area contributed by atoms with Gasteiger partial charge in [0.25, 0.3) is 0 Å². The number of nitrogens with zero attached hydrogens (tertiary/aromatic N) is 2. The highest BCUT2D eigenvalue weighted by Gasteiger charge is 2.24. The first kappa shape index (κ1) is 17.7. The number of aldehydes is 2. The fourth-order valence-corrected chi connectivity index (χ4v) is 3.20. The molecule has 0 unspecified atom stereocenters. The maximum Gasteiger partial charge on any atom is 0.150 e. The largest absolute Gasteiger partial charge is 0.369 e. The molecule has 1 aromatic rings. The predicted octanol–water partition coefficient (Wildman–Crippen LogP) is 2.75. The lowest BCUT2D eigenvalue weighted by Crippen LogP contribution is -2.47. The van der Waals surface area contributed by atoms with Crippen molar-refractivity contribution in [1.82, 2.24) is 4.90 Å². The third-order valence-corrected chi connectivity index (χ3v) is 4.51. The van der Waals surface area contributed by atoms with Gasteiger partial charge < -0.3 is 9.69 Å². The van der Waals surface area contributed by atoms with Crippen molar-refractivity contribution in [3.8, 4) is 0 Å². The van der Waals surface area contributed by atoms with Gasteiger partial charge in [0.05, 0.1) is 0 Å². The fourth-order valence-electron chi connectivity index (χ4n) is 3.20. The Kier molecular flexibility index (Phi) is 5.58. The molecular formula is C19H28N2O2. The lowest BCUT2D eigenvalue weighted by Gasteiger charge is -2.37. The van der Waals surface area contributed by atoms with Crippen molar-refractivity contribution in [2.75, 3.05) is 37.6 Å². The van der Waals surface area contributed by atoms with E-state index in [-0.39, 0.29) is 0 Å². The van der Waals surface area contributed by atoms with Crippen LogP contribution in [0.4, 0.5) is 5.69 Å². The van der Waals surface area contributed by atoms with E-state index in [1.54, 1.807) is 0 Å². The lowest BCUT2D eigenvalue weighted by molar-refractivity contribution is -0.111. The Morgan fingerprint density at radius 2 is 1.78 bits per heavy atom. The lowest BCUT2D eigenvalue weighted by atomic mass is 9.83. The van der Waals surface area contributed by atoms with Crippen molar-refractivity contribution in [1.29, 1.82) is 0 Å². The number of rotatable bonds is 6. The number of anilines is 1. The first-order valence-corrected chi connectivity index (χ1v) is 8.40. The fraction of sp³-hybridized carbons (Fsp3) is 0.579. The minimum atomic E-state index is -0.634. The summed E-state index contributed by atoms with van der Waals surface area (Å²) in [6.07, 6.45) is 1.76. The van der Waals surface area contributed by atoms with Crippen molar-refractivity contribution < 1.29 is 9.59 Å². The molecule has 1 heterocycles. The van der Waals surface area contributed by atoms with Crippen molar-refractivity contribution in [3.63, 3.8) is 0 Å². The Morgan fingerprint density at radius 3 is 2.30 bits per heavy atom. The number of hydrogen-bond acceptors (Lipinski definition) is 4. The number of hydrogen-bond donors (Lipinski definition) is 0. The Morgan fingerprint density at radius 1 is 1.13 bits per heavy atom. The molecule has 0 bridgehead atoms. The van der Waals surface area contributed by atoms with Crippen LogP contribution in [-0.2, 0) is 10.2 Å². The predicted molar refractivity (Wildman–Crippen MR) is 94.4 cm³/mol. The summed E-state index contributed by atoms with van der Waals surface area (Å²) >= 11 is 0. The van der Waals surface area contributed by atoms with Gasteiger partial charge in [0.2, 0.25) is 0 Å². The van der Waals surface area contributed by atoms with E-state index in [0.29, 0.717) is 11.5 Å². The SMILES string of the molecule is CC(C)CN1CCN(c2ccc(C(C)(C)C=O)c(C=O)c2)CC1. The van der Waals surface area contributed by atoms with Crippen molar-refractivity contribution in [2.45, 2.75) is 33.1 Å². The quantitative estimate of drug-likeness (QED) is 0.757. The van der Waals surface area contributed by atoms with E-state index in [1.807, 2.05) is 32.0 Å². The van der Waals surface area contributed by atoms with Crippen LogP contribution >= 0.6 is 0 Å². The summed E-state index contributed by atoms with van der Waals surface area (Å²) in [4.78, 5) is 27.5. The molecule has 1 saturated heterocycles. The molecule has 1 fully saturated rings. The molecular weight excluding hydrogens is 288 g/mol. The molecule has 1 aliphatic rings. The molecule has 4 nitrogen and oxygen atoms in total. The first-order valence-electron chi connectivity index (χ1n) is 8.40. The molecule has 1 aliphatic heterocycles. The van der Waals surface area contributed by atoms with Crippen molar-refractivity contribution in [3.05, 3.63) is 29.3 Å². The molecule has 2 rings (SSSR count). The number of benzene rings is 1. The molecule has 0 spiro atoms. The Hall–Kier alpha value is -1.68. The van der Waals surface area contributed by atoms with Crippen LogP contribution in [0.25, 0.3) is 0 Å². The first-order chi connectivity index (χ1) is 10.9. The topological polar surface area (TPSA) is 40.6 Å². The van der Waals surface area contributed by atoms with E-state index in [1.165, 1.54) is 0 Å². The van der Waals surface area contributed by atoms with Crippen LogP contribution in [0.5, 0.6) is 0 Å². The Bertz CT molecular complexity index is 558. The molecule has 0 aromatic heterocycles. The summed E-state index contributed by atoms with van der Waals surface area (Å²) in [6, 6.07) is 5.88. The van der Waals surface area contributed by atoms with Gasteiger partial charge in [0, 0.05) is 49.4 Å². The molecule has 4 heteroatoms. The summed E-state index contributed by atoms with van der Waals surface area (Å²) in [7, 11) is 0. The smallest absolute Gasteiger partial charge is 0.150 e. The van der Waals surface area contributed by atoms with Crippen LogP contribution < -0.4 is 4.90 Å². The van der Waals surface area contributed by atoms with Crippen LogP contribution in [0, 0.1) is 5.92 Å². The molecule has 23 heavy (non-hydrogen) atoms. The minimum Gasteiger partial charge on any atom is -0.369 e. The number of carbonyl (C=O) groups excluding carboxylic acids is 2. The van der Waals surface area contributed by atoms with E-state index < -0.39 is 5.41 Å². The second kappa shape index (κ2) is 7.26. The van der Waals surface area contributed by atoms with E-state index in [9.17, 15) is 9.59 Å². The summed E-state index contributed by atoms with van der Waals surface area (Å²) in [5.74, 6) is 0.688. The van der Waals surface area contributed by atoms with Gasteiger partial charge in [-0.25, -0.2) is 0 Å². The maximum absolute atomic E-state index is 11.5. The van der Waals surface area contributed by atoms with Gasteiger partial charge in [-0.1, -0.05) is 19.9 Å². The monoisotopic (exact) mass is 316 g/mol. The van der Waals surface area contributed by atoms with Gasteiger partial charge in [-0.15, -0.1) is 0 Å². The molecule has 126 valence electrons. The van der Waals surface area contributed by atoms with E-state index in [0.717, 1.165) is 56.5 Å². The van der Waals surface area contributed by atoms with Crippen LogP contribution in [0.2, 0.25) is 0 Å². The summed E-state index contributed by atoms with van der Waals surface area (Å²) in [6.45, 7) is 13.4. The van der Waals surface area contributed by atoms with Gasteiger partial charge in [-0.2, -0.15) is 0 Å². The van der Waals surface area contributed by atoms with Crippen molar-refractivity contribution in [2.24, 2.45) is 5.92 Å². The molecule has 0 N–H and O–H groups in total. The van der Waals surface area contributed by atoms with E-state index >= 15 is 0 Å². The molecule has 0 saturated carbocycles. The normalized spacial score (nSPS) is 16.7. The Labute approximate surface area is 139 Å². The second-order valence-corrected chi connectivity index (χ2v) is 7.41. The van der Waals surface area contributed by atoms with Gasteiger partial charge >= 0.3 is 0 Å². The third-order valence-electron chi connectivity index (χ3n) is 4.51. The zero-order chi connectivity index (χ0) is 17.0. The number of carbonyl (C=O) groups is 2. The molecule has 1 aromatic carbocycles. The zero-order valence-corrected chi connectivity index (χ0v) is 14.7. The molecule has 0 aliphatic carbocycles. The molecule has 0 radical (unpaired) electrons. The van der Waals surface area contributed by atoms with Gasteiger partial charge in [-0.3, -0.25) is 9.69 Å². The minimum absolute atomic E-state index is 0.615. The van der Waals surface area contributed by atoms with Gasteiger partial charge in [-0.05, 0) is 37.5 Å². The van der Waals surface area contributed by atoms with Crippen LogP contribution in [-0.4, -0.2) is 50.2 Å². The third kappa shape index (κ3) is 4.20. The van der Waals surface area contributed by atoms with Crippen LogP contribution in [0.15, 0.2) is 18.2 Å². The summed E-state index contributed by atoms with van der Waals surface area (Å²) in [5, 5.41) is 0. The zero-order valence-electron chi connectivity index (χ0n) is 14.7. The standard InChI is InChI=1S/C19H28N2O2/c1-15(2)12-20-7-9-21(10-8-20)17-5-6-18(16(11-17)13-22)19(3,4)14-23/h5-6,11,13-15H,7-10,12H2,1-4H3. The maximum atomic E-state index is 11.5. The highest BCUT2D eigenvalue weighted by Crippen LogP contribution is 2.28. The second-order valence-electron chi connectivity index (χ2n) is 7.41. The van der Waals surface area contributed by atoms with Gasteiger partial charge in [0.1, 0.15) is 12.6 Å². The Balaban J connectivity index is 2.13.